The third-order valence-electron chi connectivity index (χ3n) is 4.52. The lowest BCUT2D eigenvalue weighted by molar-refractivity contribution is 0.0502. The molecule has 28 heavy (non-hydrogen) atoms. The van der Waals surface area contributed by atoms with Crippen molar-refractivity contribution in [2.75, 3.05) is 13.1 Å². The number of nitrogens with one attached hydrogen (secondary N) is 1. The molecule has 2 aromatic carbocycles. The summed E-state index contributed by atoms with van der Waals surface area (Å²) in [7, 11) is -8.11. The van der Waals surface area contributed by atoms with Crippen molar-refractivity contribution in [2.24, 2.45) is 0 Å². The molecule has 2 atom stereocenters. The first-order chi connectivity index (χ1) is 13.3. The molecular formula is C18H21NO7S2. The molecule has 0 bridgehead atoms. The summed E-state index contributed by atoms with van der Waals surface area (Å²) in [4.78, 5) is -0.198. The van der Waals surface area contributed by atoms with Crippen LogP contribution in [0.3, 0.4) is 0 Å². The Hall–Kier alpha value is -1.82. The van der Waals surface area contributed by atoms with Gasteiger partial charge in [0.1, 0.15) is 0 Å². The van der Waals surface area contributed by atoms with Crippen LogP contribution in [0.25, 0.3) is 0 Å². The number of sulfone groups is 2. The minimum absolute atomic E-state index is 0.0875. The van der Waals surface area contributed by atoms with Gasteiger partial charge in [0.15, 0.2) is 10.9 Å². The minimum atomic E-state index is -4.05. The Morgan fingerprint density at radius 1 is 0.786 bits per heavy atom. The molecule has 0 radical (unpaired) electrons. The van der Waals surface area contributed by atoms with Gasteiger partial charge in [-0.2, -0.15) is 0 Å². The monoisotopic (exact) mass is 427 g/mol. The fourth-order valence-corrected chi connectivity index (χ4v) is 6.46. The topological polar surface area (TPSA) is 130 Å². The number of hydrogen-bond donors (Lipinski definition) is 3. The highest BCUT2D eigenvalue weighted by molar-refractivity contribution is 7.92. The fraction of sp³-hybridized carbons (Fsp3) is 0.333. The highest BCUT2D eigenvalue weighted by Crippen LogP contribution is 2.28. The second kappa shape index (κ2) is 8.27. The summed E-state index contributed by atoms with van der Waals surface area (Å²) in [5.74, 6) is 0. The van der Waals surface area contributed by atoms with Gasteiger partial charge in [0.25, 0.3) is 0 Å². The van der Waals surface area contributed by atoms with Crippen molar-refractivity contribution >= 4 is 19.7 Å². The molecule has 0 amide bonds. The highest BCUT2D eigenvalue weighted by Gasteiger charge is 2.40. The van der Waals surface area contributed by atoms with Crippen LogP contribution in [-0.2, 0) is 37.6 Å². The zero-order chi connectivity index (χ0) is 20.4. The predicted octanol–water partition coefficient (Wildman–Crippen LogP) is 0.191. The Kier molecular flexibility index (Phi) is 6.18. The normalized spacial score (nSPS) is 20.8. The van der Waals surface area contributed by atoms with E-state index in [9.17, 15) is 27.0 Å². The molecule has 0 aliphatic carbocycles. The molecule has 1 saturated heterocycles. The molecule has 0 aromatic heterocycles. The van der Waals surface area contributed by atoms with Crippen LogP contribution < -0.4 is 5.32 Å². The van der Waals surface area contributed by atoms with Crippen LogP contribution in [0, 0.1) is 0 Å². The van der Waals surface area contributed by atoms with E-state index in [-0.39, 0.29) is 34.0 Å². The average Bonchev–Trinajstić information content (AvgIpc) is 2.73. The Morgan fingerprint density at radius 2 is 1.18 bits per heavy atom. The standard InChI is InChI=1S/C18H21NO7S2/c20-11-13-5-1-3-7-15(13)27(22,23)17-9-19-10-18(26-17)28(24,25)16-8-4-2-6-14(16)12-21/h1-8,17-21H,9-12H2. The second-order valence-electron chi connectivity index (χ2n) is 6.28. The smallest absolute Gasteiger partial charge is 0.206 e. The molecular weight excluding hydrogens is 406 g/mol. The van der Waals surface area contributed by atoms with E-state index in [1.54, 1.807) is 12.1 Å². The van der Waals surface area contributed by atoms with Crippen molar-refractivity contribution in [3.63, 3.8) is 0 Å². The van der Waals surface area contributed by atoms with E-state index in [1.807, 2.05) is 0 Å². The van der Waals surface area contributed by atoms with Gasteiger partial charge in [0.2, 0.25) is 19.7 Å². The van der Waals surface area contributed by atoms with E-state index in [2.05, 4.69) is 5.32 Å². The van der Waals surface area contributed by atoms with Gasteiger partial charge in [-0.1, -0.05) is 36.4 Å². The van der Waals surface area contributed by atoms with Crippen molar-refractivity contribution in [1.29, 1.82) is 0 Å². The van der Waals surface area contributed by atoms with Crippen molar-refractivity contribution in [3.05, 3.63) is 59.7 Å². The fourth-order valence-electron chi connectivity index (χ4n) is 3.06. The number of rotatable bonds is 6. The third-order valence-corrected chi connectivity index (χ3v) is 8.48. The molecule has 2 aromatic rings. The van der Waals surface area contributed by atoms with Crippen LogP contribution in [0.4, 0.5) is 0 Å². The Bertz CT molecular complexity index is 968. The lowest BCUT2D eigenvalue weighted by atomic mass is 10.2. The maximum atomic E-state index is 13.0. The molecule has 0 saturated carbocycles. The average molecular weight is 428 g/mol. The van der Waals surface area contributed by atoms with Gasteiger partial charge in [-0.3, -0.25) is 0 Å². The van der Waals surface area contributed by atoms with Gasteiger partial charge in [0, 0.05) is 13.1 Å². The van der Waals surface area contributed by atoms with E-state index < -0.39 is 43.8 Å². The highest BCUT2D eigenvalue weighted by atomic mass is 32.2. The summed E-state index contributed by atoms with van der Waals surface area (Å²) in [6.07, 6.45) is 0. The summed E-state index contributed by atoms with van der Waals surface area (Å²) < 4.78 is 57.5. The first-order valence-corrected chi connectivity index (χ1v) is 11.6. The van der Waals surface area contributed by atoms with Crippen LogP contribution in [0.5, 0.6) is 0 Å². The van der Waals surface area contributed by atoms with E-state index in [0.29, 0.717) is 0 Å². The molecule has 3 N–H and O–H groups in total. The lowest BCUT2D eigenvalue weighted by Gasteiger charge is -2.31. The minimum Gasteiger partial charge on any atom is -0.392 e. The summed E-state index contributed by atoms with van der Waals surface area (Å²) in [6, 6.07) is 11.9. The quantitative estimate of drug-likeness (QED) is 0.596. The Labute approximate surface area is 163 Å². The Morgan fingerprint density at radius 3 is 1.57 bits per heavy atom. The number of benzene rings is 2. The molecule has 152 valence electrons. The zero-order valence-corrected chi connectivity index (χ0v) is 16.5. The predicted molar refractivity (Wildman–Crippen MR) is 101 cm³/mol. The van der Waals surface area contributed by atoms with Crippen LogP contribution in [0.1, 0.15) is 11.1 Å². The molecule has 0 spiro atoms. The van der Waals surface area contributed by atoms with Crippen LogP contribution in [-0.4, -0.2) is 51.0 Å². The molecule has 1 aliphatic rings. The number of ether oxygens (including phenoxy) is 1. The van der Waals surface area contributed by atoms with Gasteiger partial charge in [0.05, 0.1) is 23.0 Å². The lowest BCUT2D eigenvalue weighted by Crippen LogP contribution is -2.51. The zero-order valence-electron chi connectivity index (χ0n) is 14.9. The summed E-state index contributed by atoms with van der Waals surface area (Å²) in [6.45, 7) is -1.12. The number of hydrogen-bond acceptors (Lipinski definition) is 8. The van der Waals surface area contributed by atoms with Crippen molar-refractivity contribution < 1.29 is 31.8 Å². The summed E-state index contributed by atoms with van der Waals surface area (Å²) in [5.41, 5.74) is -2.45. The van der Waals surface area contributed by atoms with Gasteiger partial charge < -0.3 is 20.3 Å². The SMILES string of the molecule is O=S(=O)(c1ccccc1CO)C1CNCC(S(=O)(=O)c2ccccc2CO)O1. The molecule has 2 unspecified atom stereocenters. The van der Waals surface area contributed by atoms with Crippen molar-refractivity contribution in [3.8, 4) is 0 Å². The van der Waals surface area contributed by atoms with E-state index in [4.69, 9.17) is 4.74 Å². The second-order valence-corrected chi connectivity index (χ2v) is 10.4. The number of aliphatic hydroxyl groups is 2. The summed E-state index contributed by atoms with van der Waals surface area (Å²) >= 11 is 0. The maximum absolute atomic E-state index is 13.0. The first kappa shape index (κ1) is 20.9. The molecule has 1 aliphatic heterocycles. The van der Waals surface area contributed by atoms with Gasteiger partial charge >= 0.3 is 0 Å². The first-order valence-electron chi connectivity index (χ1n) is 8.54. The maximum Gasteiger partial charge on any atom is 0.206 e. The molecule has 1 fully saturated rings. The molecule has 3 rings (SSSR count). The van der Waals surface area contributed by atoms with Crippen molar-refractivity contribution in [1.82, 2.24) is 5.32 Å². The van der Waals surface area contributed by atoms with Crippen LogP contribution in [0.15, 0.2) is 58.3 Å². The summed E-state index contributed by atoms with van der Waals surface area (Å²) in [5, 5.41) is 21.7. The van der Waals surface area contributed by atoms with Crippen molar-refractivity contribution in [2.45, 2.75) is 33.9 Å². The molecule has 1 heterocycles. The van der Waals surface area contributed by atoms with Crippen LogP contribution in [0.2, 0.25) is 0 Å². The van der Waals surface area contributed by atoms with Gasteiger partial charge in [-0.25, -0.2) is 16.8 Å². The third kappa shape index (κ3) is 3.84. The largest absolute Gasteiger partial charge is 0.392 e. The molecule has 10 heteroatoms. The number of morpholine rings is 1. The Balaban J connectivity index is 1.94. The van der Waals surface area contributed by atoms with E-state index in [1.165, 1.54) is 36.4 Å². The van der Waals surface area contributed by atoms with E-state index >= 15 is 0 Å². The molecule has 8 nitrogen and oxygen atoms in total. The van der Waals surface area contributed by atoms with Gasteiger partial charge in [-0.15, -0.1) is 0 Å². The van der Waals surface area contributed by atoms with Crippen LogP contribution >= 0.6 is 0 Å². The number of aliphatic hydroxyl groups excluding tert-OH is 2. The van der Waals surface area contributed by atoms with E-state index in [0.717, 1.165) is 0 Å². The van der Waals surface area contributed by atoms with Gasteiger partial charge in [-0.05, 0) is 23.3 Å².